The molecule has 0 aliphatic rings. The summed E-state index contributed by atoms with van der Waals surface area (Å²) in [6.45, 7) is 9.29. The predicted octanol–water partition coefficient (Wildman–Crippen LogP) is 2.46. The summed E-state index contributed by atoms with van der Waals surface area (Å²) in [5.41, 5.74) is 0. The van der Waals surface area contributed by atoms with Crippen molar-refractivity contribution in [2.75, 3.05) is 6.54 Å². The average molecular weight is 228 g/mol. The second kappa shape index (κ2) is 9.64. The molecular weight excluding hydrogens is 200 g/mol. The van der Waals surface area contributed by atoms with Gasteiger partial charge in [-0.2, -0.15) is 0 Å². The molecule has 0 heterocycles. The Labute approximate surface area is 100 Å². The van der Waals surface area contributed by atoms with Gasteiger partial charge in [-0.25, -0.2) is 0 Å². The molecule has 0 fully saturated rings. The van der Waals surface area contributed by atoms with Crippen LogP contribution >= 0.6 is 0 Å². The lowest BCUT2D eigenvalue weighted by Crippen LogP contribution is -2.36. The molecule has 1 amide bonds. The molecule has 0 aromatic carbocycles. The van der Waals surface area contributed by atoms with Gasteiger partial charge in [0.15, 0.2) is 0 Å². The third kappa shape index (κ3) is 7.69. The third-order valence-electron chi connectivity index (χ3n) is 2.93. The number of hydrogen-bond acceptors (Lipinski definition) is 2. The summed E-state index contributed by atoms with van der Waals surface area (Å²) >= 11 is 0. The summed E-state index contributed by atoms with van der Waals surface area (Å²) < 4.78 is 0. The highest BCUT2D eigenvalue weighted by molar-refractivity contribution is 5.76. The highest BCUT2D eigenvalue weighted by Gasteiger charge is 2.07. The van der Waals surface area contributed by atoms with E-state index in [4.69, 9.17) is 0 Å². The van der Waals surface area contributed by atoms with E-state index in [9.17, 15) is 4.79 Å². The van der Waals surface area contributed by atoms with Gasteiger partial charge in [0.1, 0.15) is 0 Å². The first kappa shape index (κ1) is 15.4. The molecule has 3 heteroatoms. The first-order valence-electron chi connectivity index (χ1n) is 6.66. The molecule has 0 spiro atoms. The summed E-state index contributed by atoms with van der Waals surface area (Å²) in [5, 5.41) is 6.41. The monoisotopic (exact) mass is 228 g/mol. The van der Waals surface area contributed by atoms with Crippen LogP contribution < -0.4 is 10.6 Å². The maximum atomic E-state index is 11.5. The Morgan fingerprint density at radius 3 is 2.38 bits per heavy atom. The molecular formula is C13H28N2O. The van der Waals surface area contributed by atoms with Crippen molar-refractivity contribution in [1.82, 2.24) is 10.6 Å². The zero-order valence-electron chi connectivity index (χ0n) is 11.3. The number of rotatable bonds is 9. The van der Waals surface area contributed by atoms with Crippen LogP contribution in [0.1, 0.15) is 59.8 Å². The minimum Gasteiger partial charge on any atom is -0.354 e. The maximum absolute atomic E-state index is 11.5. The fourth-order valence-electron chi connectivity index (χ4n) is 1.64. The molecule has 2 N–H and O–H groups in total. The number of carbonyl (C=O) groups excluding carboxylic acids is 1. The smallest absolute Gasteiger partial charge is 0.221 e. The summed E-state index contributed by atoms with van der Waals surface area (Å²) in [5.74, 6) is 0.160. The summed E-state index contributed by atoms with van der Waals surface area (Å²) in [7, 11) is 0. The molecule has 0 aliphatic carbocycles. The van der Waals surface area contributed by atoms with Gasteiger partial charge in [0, 0.05) is 25.0 Å². The first-order chi connectivity index (χ1) is 7.63. The van der Waals surface area contributed by atoms with Gasteiger partial charge < -0.3 is 10.6 Å². The van der Waals surface area contributed by atoms with Crippen molar-refractivity contribution in [3.63, 3.8) is 0 Å². The number of amides is 1. The molecule has 96 valence electrons. The minimum atomic E-state index is 0.160. The van der Waals surface area contributed by atoms with E-state index in [0.29, 0.717) is 18.5 Å². The van der Waals surface area contributed by atoms with Crippen molar-refractivity contribution in [3.05, 3.63) is 0 Å². The Hall–Kier alpha value is -0.570. The van der Waals surface area contributed by atoms with E-state index in [1.165, 1.54) is 12.8 Å². The molecule has 16 heavy (non-hydrogen) atoms. The van der Waals surface area contributed by atoms with Gasteiger partial charge in [-0.15, -0.1) is 0 Å². The average Bonchev–Trinajstić information content (AvgIpc) is 2.27. The Morgan fingerprint density at radius 1 is 1.19 bits per heavy atom. The summed E-state index contributed by atoms with van der Waals surface area (Å²) in [4.78, 5) is 11.5. The fourth-order valence-corrected chi connectivity index (χ4v) is 1.64. The number of carbonyl (C=O) groups is 1. The lowest BCUT2D eigenvalue weighted by atomic mass is 10.1. The molecule has 0 saturated heterocycles. The fraction of sp³-hybridized carbons (Fsp3) is 0.923. The van der Waals surface area contributed by atoms with E-state index in [2.05, 4.69) is 31.4 Å². The molecule has 0 aliphatic heterocycles. The van der Waals surface area contributed by atoms with Crippen molar-refractivity contribution in [3.8, 4) is 0 Å². The quantitative estimate of drug-likeness (QED) is 0.636. The highest BCUT2D eigenvalue weighted by atomic mass is 16.1. The van der Waals surface area contributed by atoms with Crippen LogP contribution in [0.25, 0.3) is 0 Å². The van der Waals surface area contributed by atoms with E-state index >= 15 is 0 Å². The van der Waals surface area contributed by atoms with Crippen LogP contribution in [0.15, 0.2) is 0 Å². The Morgan fingerprint density at radius 2 is 1.88 bits per heavy atom. The predicted molar refractivity (Wildman–Crippen MR) is 69.5 cm³/mol. The highest BCUT2D eigenvalue weighted by Crippen LogP contribution is 2.00. The minimum absolute atomic E-state index is 0.160. The lowest BCUT2D eigenvalue weighted by molar-refractivity contribution is -0.121. The zero-order valence-corrected chi connectivity index (χ0v) is 11.3. The van der Waals surface area contributed by atoms with Gasteiger partial charge in [0.05, 0.1) is 0 Å². The van der Waals surface area contributed by atoms with Crippen molar-refractivity contribution in [1.29, 1.82) is 0 Å². The Bertz CT molecular complexity index is 183. The van der Waals surface area contributed by atoms with Gasteiger partial charge in [0.25, 0.3) is 0 Å². The molecule has 2 unspecified atom stereocenters. The van der Waals surface area contributed by atoms with Crippen molar-refractivity contribution >= 4 is 5.91 Å². The van der Waals surface area contributed by atoms with Crippen LogP contribution in [-0.4, -0.2) is 24.5 Å². The topological polar surface area (TPSA) is 41.1 Å². The zero-order chi connectivity index (χ0) is 12.4. The van der Waals surface area contributed by atoms with Gasteiger partial charge in [-0.05, 0) is 26.2 Å². The lowest BCUT2D eigenvalue weighted by Gasteiger charge is -2.16. The third-order valence-corrected chi connectivity index (χ3v) is 2.93. The Kier molecular flexibility index (Phi) is 9.30. The molecule has 0 rings (SSSR count). The standard InChI is InChI=1S/C13H28N2O/c1-5-8-12(7-3)14-10-9-13(16)15-11(4)6-2/h11-12,14H,5-10H2,1-4H3,(H,15,16). The molecule has 3 nitrogen and oxygen atoms in total. The van der Waals surface area contributed by atoms with Gasteiger partial charge in [-0.1, -0.05) is 27.2 Å². The SMILES string of the molecule is CCCC(CC)NCCC(=O)NC(C)CC. The van der Waals surface area contributed by atoms with Crippen molar-refractivity contribution < 1.29 is 4.79 Å². The van der Waals surface area contributed by atoms with Crippen LogP contribution in [0.5, 0.6) is 0 Å². The van der Waals surface area contributed by atoms with Crippen LogP contribution in [0.2, 0.25) is 0 Å². The van der Waals surface area contributed by atoms with E-state index in [0.717, 1.165) is 19.4 Å². The largest absolute Gasteiger partial charge is 0.354 e. The molecule has 0 radical (unpaired) electrons. The van der Waals surface area contributed by atoms with Gasteiger partial charge in [0.2, 0.25) is 5.91 Å². The van der Waals surface area contributed by atoms with E-state index < -0.39 is 0 Å². The van der Waals surface area contributed by atoms with E-state index in [1.54, 1.807) is 0 Å². The van der Waals surface area contributed by atoms with Crippen molar-refractivity contribution in [2.45, 2.75) is 71.9 Å². The molecule has 0 aromatic rings. The second-order valence-electron chi connectivity index (χ2n) is 4.47. The van der Waals surface area contributed by atoms with Crippen LogP contribution in [0, 0.1) is 0 Å². The van der Waals surface area contributed by atoms with E-state index in [-0.39, 0.29) is 5.91 Å². The van der Waals surface area contributed by atoms with Crippen molar-refractivity contribution in [2.24, 2.45) is 0 Å². The summed E-state index contributed by atoms with van der Waals surface area (Å²) in [6.07, 6.45) is 5.12. The number of hydrogen-bond donors (Lipinski definition) is 2. The van der Waals surface area contributed by atoms with Crippen LogP contribution in [0.4, 0.5) is 0 Å². The van der Waals surface area contributed by atoms with E-state index in [1.807, 2.05) is 6.92 Å². The van der Waals surface area contributed by atoms with Crippen LogP contribution in [-0.2, 0) is 4.79 Å². The second-order valence-corrected chi connectivity index (χ2v) is 4.47. The molecule has 0 bridgehead atoms. The molecule has 0 aromatic heterocycles. The summed E-state index contributed by atoms with van der Waals surface area (Å²) in [6, 6.07) is 0.867. The molecule has 0 saturated carbocycles. The normalized spacial score (nSPS) is 14.5. The van der Waals surface area contributed by atoms with Crippen LogP contribution in [0.3, 0.4) is 0 Å². The van der Waals surface area contributed by atoms with Gasteiger partial charge >= 0.3 is 0 Å². The van der Waals surface area contributed by atoms with Gasteiger partial charge in [-0.3, -0.25) is 4.79 Å². The first-order valence-corrected chi connectivity index (χ1v) is 6.66. The maximum Gasteiger partial charge on any atom is 0.221 e. The number of nitrogens with one attached hydrogen (secondary N) is 2. The molecule has 2 atom stereocenters. The Balaban J connectivity index is 3.59.